The fourth-order valence-corrected chi connectivity index (χ4v) is 9.68. The van der Waals surface area contributed by atoms with Crippen LogP contribution in [0.15, 0.2) is 218 Å². The van der Waals surface area contributed by atoms with Gasteiger partial charge in [0.2, 0.25) is 0 Å². The predicted molar refractivity (Wildman–Crippen MR) is 250 cm³/mol. The van der Waals surface area contributed by atoms with Gasteiger partial charge >= 0.3 is 0 Å². The molecule has 0 aliphatic heterocycles. The molecule has 11 aromatic rings. The summed E-state index contributed by atoms with van der Waals surface area (Å²) in [5.74, 6) is 0. The van der Waals surface area contributed by atoms with Crippen molar-refractivity contribution in [2.75, 3.05) is 4.90 Å². The number of fused-ring (bicyclic) bond motifs is 9. The highest BCUT2D eigenvalue weighted by atomic mass is 15.1. The summed E-state index contributed by atoms with van der Waals surface area (Å²) in [6.45, 7) is 0. The Morgan fingerprint density at radius 2 is 0.932 bits per heavy atom. The maximum atomic E-state index is 2.52. The van der Waals surface area contributed by atoms with Crippen molar-refractivity contribution in [3.8, 4) is 39.1 Å². The zero-order chi connectivity index (χ0) is 38.9. The first-order valence-electron chi connectivity index (χ1n) is 20.5. The number of hydrogen-bond donors (Lipinski definition) is 0. The summed E-state index contributed by atoms with van der Waals surface area (Å²) in [5.41, 5.74) is 17.4. The first kappa shape index (κ1) is 33.5. The number of anilines is 3. The van der Waals surface area contributed by atoms with Gasteiger partial charge in [0.15, 0.2) is 0 Å². The van der Waals surface area contributed by atoms with Crippen molar-refractivity contribution < 1.29 is 0 Å². The first-order valence-corrected chi connectivity index (χ1v) is 20.5. The molecule has 1 aromatic heterocycles. The van der Waals surface area contributed by atoms with Crippen LogP contribution in [0.3, 0.4) is 0 Å². The number of para-hydroxylation sites is 1. The van der Waals surface area contributed by atoms with E-state index in [1.807, 2.05) is 0 Å². The lowest BCUT2D eigenvalue weighted by Gasteiger charge is -2.27. The molecule has 0 radical (unpaired) electrons. The van der Waals surface area contributed by atoms with E-state index >= 15 is 0 Å². The van der Waals surface area contributed by atoms with Gasteiger partial charge in [-0.3, -0.25) is 0 Å². The van der Waals surface area contributed by atoms with E-state index < -0.39 is 0 Å². The average Bonchev–Trinajstić information content (AvgIpc) is 3.84. The van der Waals surface area contributed by atoms with Gasteiger partial charge in [0, 0.05) is 32.9 Å². The highest BCUT2D eigenvalue weighted by Gasteiger charge is 2.26. The van der Waals surface area contributed by atoms with Gasteiger partial charge in [-0.15, -0.1) is 0 Å². The van der Waals surface area contributed by atoms with Gasteiger partial charge in [-0.25, -0.2) is 0 Å². The van der Waals surface area contributed by atoms with Crippen molar-refractivity contribution in [3.05, 3.63) is 230 Å². The highest BCUT2D eigenvalue weighted by molar-refractivity contribution is 6.14. The van der Waals surface area contributed by atoms with Gasteiger partial charge in [-0.1, -0.05) is 158 Å². The quantitative estimate of drug-likeness (QED) is 0.164. The molecule has 12 rings (SSSR count). The van der Waals surface area contributed by atoms with Gasteiger partial charge in [0.1, 0.15) is 0 Å². The van der Waals surface area contributed by atoms with Crippen molar-refractivity contribution in [1.29, 1.82) is 0 Å². The summed E-state index contributed by atoms with van der Waals surface area (Å²) >= 11 is 0. The fraction of sp³-hybridized carbons (Fsp3) is 0.0175. The molecule has 1 heterocycles. The lowest BCUT2D eigenvalue weighted by atomic mass is 9.96. The largest absolute Gasteiger partial charge is 0.310 e. The van der Waals surface area contributed by atoms with E-state index in [4.69, 9.17) is 0 Å². The molecule has 0 saturated heterocycles. The normalized spacial score (nSPS) is 12.0. The van der Waals surface area contributed by atoms with E-state index in [0.717, 1.165) is 17.8 Å². The Morgan fingerprint density at radius 3 is 1.61 bits per heavy atom. The molecule has 2 heteroatoms. The zero-order valence-corrected chi connectivity index (χ0v) is 32.4. The summed E-state index contributed by atoms with van der Waals surface area (Å²) in [6.07, 6.45) is 0.863. The molecule has 0 N–H and O–H groups in total. The van der Waals surface area contributed by atoms with Crippen LogP contribution < -0.4 is 4.90 Å². The SMILES string of the molecule is c1ccc(-c2ccc3c(c2)c2cc(-c4ccccc4)ccc2n3-c2cc3c(c4ccccc24)-c2ccc(N(c4ccccc4)c4cccc5ccccc45)cc2C3)cc1. The molecule has 1 aliphatic rings. The maximum Gasteiger partial charge on any atom is 0.0543 e. The van der Waals surface area contributed by atoms with Gasteiger partial charge in [-0.2, -0.15) is 0 Å². The topological polar surface area (TPSA) is 8.17 Å². The Morgan fingerprint density at radius 1 is 0.356 bits per heavy atom. The molecule has 0 atom stereocenters. The van der Waals surface area contributed by atoms with Crippen LogP contribution in [0, 0.1) is 0 Å². The molecule has 59 heavy (non-hydrogen) atoms. The van der Waals surface area contributed by atoms with Crippen LogP contribution in [0.25, 0.3) is 82.4 Å². The van der Waals surface area contributed by atoms with E-state index in [9.17, 15) is 0 Å². The van der Waals surface area contributed by atoms with Crippen LogP contribution in [0.5, 0.6) is 0 Å². The fourth-order valence-electron chi connectivity index (χ4n) is 9.68. The molecule has 276 valence electrons. The van der Waals surface area contributed by atoms with E-state index in [1.165, 1.54) is 99.2 Å². The molecule has 2 nitrogen and oxygen atoms in total. The Labute approximate surface area is 343 Å². The van der Waals surface area contributed by atoms with E-state index in [1.54, 1.807) is 0 Å². The van der Waals surface area contributed by atoms with E-state index in [0.29, 0.717) is 0 Å². The third-order valence-corrected chi connectivity index (χ3v) is 12.3. The summed E-state index contributed by atoms with van der Waals surface area (Å²) in [5, 5.41) is 7.52. The number of hydrogen-bond acceptors (Lipinski definition) is 1. The van der Waals surface area contributed by atoms with Crippen LogP contribution in [-0.4, -0.2) is 4.57 Å². The minimum absolute atomic E-state index is 0.863. The lowest BCUT2D eigenvalue weighted by Crippen LogP contribution is -2.10. The van der Waals surface area contributed by atoms with Gasteiger partial charge in [-0.05, 0) is 122 Å². The predicted octanol–water partition coefficient (Wildman–Crippen LogP) is 15.5. The minimum atomic E-state index is 0.863. The molecule has 0 amide bonds. The third-order valence-electron chi connectivity index (χ3n) is 12.3. The Kier molecular flexibility index (Phi) is 7.64. The van der Waals surface area contributed by atoms with Crippen molar-refractivity contribution in [2.24, 2.45) is 0 Å². The third kappa shape index (κ3) is 5.41. The summed E-state index contributed by atoms with van der Waals surface area (Å²) < 4.78 is 2.52. The molecule has 0 saturated carbocycles. The number of nitrogens with zero attached hydrogens (tertiary/aromatic N) is 2. The molecule has 0 spiro atoms. The zero-order valence-electron chi connectivity index (χ0n) is 32.4. The second-order valence-corrected chi connectivity index (χ2v) is 15.7. The minimum Gasteiger partial charge on any atom is -0.310 e. The average molecular weight is 751 g/mol. The van der Waals surface area contributed by atoms with Crippen molar-refractivity contribution in [2.45, 2.75) is 6.42 Å². The lowest BCUT2D eigenvalue weighted by molar-refractivity contribution is 1.17. The van der Waals surface area contributed by atoms with Crippen LogP contribution >= 0.6 is 0 Å². The Balaban J connectivity index is 1.05. The summed E-state index contributed by atoms with van der Waals surface area (Å²) in [7, 11) is 0. The van der Waals surface area contributed by atoms with Gasteiger partial charge in [0.05, 0.1) is 22.4 Å². The summed E-state index contributed by atoms with van der Waals surface area (Å²) in [6, 6.07) is 80.1. The van der Waals surface area contributed by atoms with Crippen LogP contribution in [0.2, 0.25) is 0 Å². The van der Waals surface area contributed by atoms with E-state index in [2.05, 4.69) is 228 Å². The van der Waals surface area contributed by atoms with Crippen LogP contribution in [0.4, 0.5) is 17.1 Å². The van der Waals surface area contributed by atoms with Crippen LogP contribution in [-0.2, 0) is 6.42 Å². The van der Waals surface area contributed by atoms with Crippen molar-refractivity contribution in [1.82, 2.24) is 4.57 Å². The molecular weight excluding hydrogens is 713 g/mol. The smallest absolute Gasteiger partial charge is 0.0543 e. The molecule has 1 aliphatic carbocycles. The second kappa shape index (κ2) is 13.5. The molecule has 0 bridgehead atoms. The second-order valence-electron chi connectivity index (χ2n) is 15.7. The van der Waals surface area contributed by atoms with Crippen LogP contribution in [0.1, 0.15) is 11.1 Å². The van der Waals surface area contributed by atoms with Gasteiger partial charge < -0.3 is 9.47 Å². The Hall–Kier alpha value is -7.68. The van der Waals surface area contributed by atoms with E-state index in [-0.39, 0.29) is 0 Å². The maximum absolute atomic E-state index is 2.52. The van der Waals surface area contributed by atoms with Crippen molar-refractivity contribution >= 4 is 60.4 Å². The standard InChI is InChI=1S/C57H38N2/c1-4-15-38(16-5-1)41-27-31-54-51(35-41)52-36-42(39-17-6-2-7-18-39)28-32-55(52)59(54)56-37-44-33-43-34-46(29-30-48(43)57(44)50-25-13-12-24-49(50)56)58(45-21-8-3-9-22-45)53-26-14-20-40-19-10-11-23-47(40)53/h1-32,34-37H,33H2. The first-order chi connectivity index (χ1) is 29.3. The molecule has 0 fully saturated rings. The summed E-state index contributed by atoms with van der Waals surface area (Å²) in [4.78, 5) is 2.42. The molecule has 0 unspecified atom stereocenters. The number of benzene rings is 10. The highest BCUT2D eigenvalue weighted by Crippen LogP contribution is 2.48. The number of rotatable bonds is 6. The Bertz CT molecular complexity index is 3300. The number of aromatic nitrogens is 1. The van der Waals surface area contributed by atoms with Gasteiger partial charge in [0.25, 0.3) is 0 Å². The molecule has 10 aromatic carbocycles. The molecular formula is C57H38N2. The van der Waals surface area contributed by atoms with Crippen molar-refractivity contribution in [3.63, 3.8) is 0 Å². The monoisotopic (exact) mass is 750 g/mol.